The van der Waals surface area contributed by atoms with Crippen LogP contribution in [0.4, 0.5) is 0 Å². The Hall–Kier alpha value is -1.66. The molecule has 108 valence electrons. The Morgan fingerprint density at radius 1 is 1.43 bits per heavy atom. The molecule has 0 atom stereocenters. The third-order valence-corrected chi connectivity index (χ3v) is 4.64. The van der Waals surface area contributed by atoms with Crippen LogP contribution in [-0.2, 0) is 13.1 Å². The van der Waals surface area contributed by atoms with Gasteiger partial charge in [0.1, 0.15) is 10.7 Å². The predicted molar refractivity (Wildman–Crippen MR) is 88.6 cm³/mol. The van der Waals surface area contributed by atoms with Crippen LogP contribution in [0.2, 0.25) is 0 Å². The summed E-state index contributed by atoms with van der Waals surface area (Å²) in [6, 6.07) is 9.82. The lowest BCUT2D eigenvalue weighted by molar-refractivity contribution is 0.0941. The van der Waals surface area contributed by atoms with Gasteiger partial charge in [0.2, 0.25) is 0 Å². The number of rotatable bonds is 4. The molecule has 0 aliphatic rings. The number of para-hydroxylation sites is 1. The van der Waals surface area contributed by atoms with E-state index in [0.717, 1.165) is 26.2 Å². The Kier molecular flexibility index (Phi) is 4.07. The molecule has 0 unspecified atom stereocenters. The Morgan fingerprint density at radius 2 is 2.24 bits per heavy atom. The minimum Gasteiger partial charge on any atom is -0.344 e. The molecule has 0 fully saturated rings. The number of hydrogen-bond donors (Lipinski definition) is 1. The number of nitrogens with zero attached hydrogens (tertiary/aromatic N) is 2. The summed E-state index contributed by atoms with van der Waals surface area (Å²) in [5.41, 5.74) is 1.64. The summed E-state index contributed by atoms with van der Waals surface area (Å²) < 4.78 is 3.97. The van der Waals surface area contributed by atoms with Crippen molar-refractivity contribution in [1.29, 1.82) is 0 Å². The van der Waals surface area contributed by atoms with Crippen molar-refractivity contribution in [3.63, 3.8) is 0 Å². The first-order chi connectivity index (χ1) is 10.2. The third-order valence-electron chi connectivity index (χ3n) is 3.17. The zero-order valence-corrected chi connectivity index (χ0v) is 13.9. The monoisotopic (exact) mass is 363 g/mol. The van der Waals surface area contributed by atoms with E-state index in [4.69, 9.17) is 0 Å². The van der Waals surface area contributed by atoms with E-state index in [9.17, 15) is 4.79 Å². The Labute approximate surface area is 134 Å². The number of nitrogens with one attached hydrogen (secondary N) is 1. The summed E-state index contributed by atoms with van der Waals surface area (Å²) in [6.45, 7) is 3.22. The maximum absolute atomic E-state index is 12.3. The summed E-state index contributed by atoms with van der Waals surface area (Å²) in [5.74, 6) is -0.0817. The molecule has 1 N–H and O–H groups in total. The molecule has 3 rings (SSSR count). The standard InChI is InChI=1S/C15H14BrN3OS/c1-2-19-9-10(16)7-12(19)15(20)17-8-14-18-11-5-3-4-6-13(11)21-14/h3-7,9H,2,8H2,1H3,(H,17,20). The van der Waals surface area contributed by atoms with Crippen LogP contribution in [-0.4, -0.2) is 15.5 Å². The second-order valence-electron chi connectivity index (χ2n) is 4.59. The van der Waals surface area contributed by atoms with Crippen LogP contribution < -0.4 is 5.32 Å². The molecule has 0 radical (unpaired) electrons. The van der Waals surface area contributed by atoms with Gasteiger partial charge in [-0.2, -0.15) is 0 Å². The van der Waals surface area contributed by atoms with E-state index in [2.05, 4.69) is 26.2 Å². The number of carbonyl (C=O) groups excluding carboxylic acids is 1. The SMILES string of the molecule is CCn1cc(Br)cc1C(=O)NCc1nc2ccccc2s1. The molecular weight excluding hydrogens is 350 g/mol. The molecule has 2 heterocycles. The van der Waals surface area contributed by atoms with Crippen molar-refractivity contribution in [2.24, 2.45) is 0 Å². The first-order valence-corrected chi connectivity index (χ1v) is 8.26. The molecular formula is C15H14BrN3OS. The van der Waals surface area contributed by atoms with E-state index < -0.39 is 0 Å². The van der Waals surface area contributed by atoms with Crippen LogP contribution in [0.5, 0.6) is 0 Å². The minimum atomic E-state index is -0.0817. The fourth-order valence-corrected chi connectivity index (χ4v) is 3.54. The molecule has 2 aromatic heterocycles. The number of amides is 1. The van der Waals surface area contributed by atoms with Gasteiger partial charge >= 0.3 is 0 Å². The minimum absolute atomic E-state index is 0.0817. The molecule has 0 aliphatic heterocycles. The van der Waals surface area contributed by atoms with Crippen molar-refractivity contribution in [2.45, 2.75) is 20.0 Å². The molecule has 0 bridgehead atoms. The normalized spacial score (nSPS) is 11.0. The van der Waals surface area contributed by atoms with Gasteiger partial charge in [-0.15, -0.1) is 11.3 Å². The van der Waals surface area contributed by atoms with Crippen LogP contribution in [0.3, 0.4) is 0 Å². The van der Waals surface area contributed by atoms with Crippen LogP contribution in [0.15, 0.2) is 41.0 Å². The maximum atomic E-state index is 12.3. The van der Waals surface area contributed by atoms with Crippen molar-refractivity contribution in [3.8, 4) is 0 Å². The van der Waals surface area contributed by atoms with E-state index in [1.165, 1.54) is 0 Å². The zero-order chi connectivity index (χ0) is 14.8. The van der Waals surface area contributed by atoms with Crippen LogP contribution >= 0.6 is 27.3 Å². The number of halogens is 1. The van der Waals surface area contributed by atoms with E-state index in [1.54, 1.807) is 11.3 Å². The molecule has 0 spiro atoms. The van der Waals surface area contributed by atoms with Crippen molar-refractivity contribution in [1.82, 2.24) is 14.9 Å². The van der Waals surface area contributed by atoms with Gasteiger partial charge in [0.25, 0.3) is 5.91 Å². The highest BCUT2D eigenvalue weighted by Crippen LogP contribution is 2.21. The van der Waals surface area contributed by atoms with Gasteiger partial charge in [0.15, 0.2) is 0 Å². The molecule has 0 saturated heterocycles. The van der Waals surface area contributed by atoms with Crippen molar-refractivity contribution in [3.05, 3.63) is 51.7 Å². The molecule has 4 nitrogen and oxygen atoms in total. The smallest absolute Gasteiger partial charge is 0.268 e. The lowest BCUT2D eigenvalue weighted by Crippen LogP contribution is -2.25. The van der Waals surface area contributed by atoms with Crippen molar-refractivity contribution < 1.29 is 4.79 Å². The Morgan fingerprint density at radius 3 is 3.00 bits per heavy atom. The van der Waals surface area contributed by atoms with Gasteiger partial charge in [0, 0.05) is 17.2 Å². The van der Waals surface area contributed by atoms with Crippen molar-refractivity contribution in [2.75, 3.05) is 0 Å². The van der Waals surface area contributed by atoms with E-state index >= 15 is 0 Å². The first kappa shape index (κ1) is 14.3. The highest BCUT2D eigenvalue weighted by Gasteiger charge is 2.12. The van der Waals surface area contributed by atoms with Gasteiger partial charge in [-0.25, -0.2) is 4.98 Å². The molecule has 3 aromatic rings. The van der Waals surface area contributed by atoms with Crippen LogP contribution in [0.1, 0.15) is 22.4 Å². The highest BCUT2D eigenvalue weighted by molar-refractivity contribution is 9.10. The van der Waals surface area contributed by atoms with Crippen molar-refractivity contribution >= 4 is 43.4 Å². The topological polar surface area (TPSA) is 46.9 Å². The summed E-state index contributed by atoms with van der Waals surface area (Å²) in [6.07, 6.45) is 1.91. The number of aryl methyl sites for hydroxylation is 1. The second kappa shape index (κ2) is 5.99. The zero-order valence-electron chi connectivity index (χ0n) is 11.5. The highest BCUT2D eigenvalue weighted by atomic mass is 79.9. The fraction of sp³-hybridized carbons (Fsp3) is 0.200. The third kappa shape index (κ3) is 3.01. The van der Waals surface area contributed by atoms with E-state index in [1.807, 2.05) is 48.0 Å². The number of benzene rings is 1. The average molecular weight is 364 g/mol. The van der Waals surface area contributed by atoms with Gasteiger partial charge < -0.3 is 9.88 Å². The molecule has 0 saturated carbocycles. The molecule has 0 aliphatic carbocycles. The summed E-state index contributed by atoms with van der Waals surface area (Å²) >= 11 is 5.01. The molecule has 1 amide bonds. The fourth-order valence-electron chi connectivity index (χ4n) is 2.17. The lowest BCUT2D eigenvalue weighted by atomic mass is 10.3. The molecule has 1 aromatic carbocycles. The molecule has 6 heteroatoms. The number of aromatic nitrogens is 2. The van der Waals surface area contributed by atoms with Gasteiger partial charge in [0.05, 0.1) is 16.8 Å². The average Bonchev–Trinajstić information content (AvgIpc) is 3.07. The van der Waals surface area contributed by atoms with Gasteiger partial charge in [-0.1, -0.05) is 12.1 Å². The van der Waals surface area contributed by atoms with E-state index in [0.29, 0.717) is 12.2 Å². The maximum Gasteiger partial charge on any atom is 0.268 e. The number of carbonyl (C=O) groups is 1. The van der Waals surface area contributed by atoms with E-state index in [-0.39, 0.29) is 5.91 Å². The quantitative estimate of drug-likeness (QED) is 0.765. The Balaban J connectivity index is 1.73. The van der Waals surface area contributed by atoms with Gasteiger partial charge in [-0.3, -0.25) is 4.79 Å². The largest absolute Gasteiger partial charge is 0.344 e. The summed E-state index contributed by atoms with van der Waals surface area (Å²) in [4.78, 5) is 16.8. The van der Waals surface area contributed by atoms with Crippen LogP contribution in [0.25, 0.3) is 10.2 Å². The lowest BCUT2D eigenvalue weighted by Gasteiger charge is -2.06. The second-order valence-corrected chi connectivity index (χ2v) is 6.62. The Bertz CT molecular complexity index is 760. The molecule has 21 heavy (non-hydrogen) atoms. The van der Waals surface area contributed by atoms with Crippen LogP contribution in [0, 0.1) is 0 Å². The summed E-state index contributed by atoms with van der Waals surface area (Å²) in [7, 11) is 0. The first-order valence-electron chi connectivity index (χ1n) is 6.65. The number of hydrogen-bond acceptors (Lipinski definition) is 3. The predicted octanol–water partition coefficient (Wildman–Crippen LogP) is 3.81. The summed E-state index contributed by atoms with van der Waals surface area (Å²) in [5, 5.41) is 3.85. The van der Waals surface area contributed by atoms with Gasteiger partial charge in [-0.05, 0) is 41.1 Å². The number of fused-ring (bicyclic) bond motifs is 1. The number of thiazole rings is 1.